The number of hydrogen-bond donors (Lipinski definition) is 1. The second kappa shape index (κ2) is 7.04. The molecule has 1 heterocycles. The van der Waals surface area contributed by atoms with Gasteiger partial charge in [0.15, 0.2) is 0 Å². The van der Waals surface area contributed by atoms with E-state index in [2.05, 4.69) is 29.3 Å². The molecule has 0 aliphatic heterocycles. The predicted molar refractivity (Wildman–Crippen MR) is 109 cm³/mol. The topological polar surface area (TPSA) is 56.6 Å². The van der Waals surface area contributed by atoms with Gasteiger partial charge in [-0.1, -0.05) is 62.2 Å². The summed E-state index contributed by atoms with van der Waals surface area (Å²) in [5.74, 6) is 0.630. The fraction of sp³-hybridized carbons (Fsp3) is 0.333. The van der Waals surface area contributed by atoms with Gasteiger partial charge < -0.3 is 4.98 Å². The van der Waals surface area contributed by atoms with Gasteiger partial charge in [0, 0.05) is 11.1 Å². The first kappa shape index (κ1) is 17.5. The summed E-state index contributed by atoms with van der Waals surface area (Å²) in [7, 11) is 0. The second-order valence-electron chi connectivity index (χ2n) is 7.78. The highest BCUT2D eigenvalue weighted by Crippen LogP contribution is 2.44. The van der Waals surface area contributed by atoms with Crippen molar-refractivity contribution in [3.8, 4) is 6.07 Å². The zero-order valence-corrected chi connectivity index (χ0v) is 15.7. The van der Waals surface area contributed by atoms with Crippen LogP contribution in [-0.2, 0) is 18.3 Å². The molecule has 136 valence electrons. The molecule has 3 heteroatoms. The first-order valence-corrected chi connectivity index (χ1v) is 9.75. The Bertz CT molecular complexity index is 1060. The van der Waals surface area contributed by atoms with Crippen LogP contribution < -0.4 is 5.56 Å². The van der Waals surface area contributed by atoms with Gasteiger partial charge in [0.25, 0.3) is 5.56 Å². The minimum absolute atomic E-state index is 0.0324. The molecule has 27 heavy (non-hydrogen) atoms. The van der Waals surface area contributed by atoms with Crippen LogP contribution in [0.5, 0.6) is 0 Å². The Morgan fingerprint density at radius 2 is 1.93 bits per heavy atom. The highest BCUT2D eigenvalue weighted by Gasteiger charge is 2.39. The predicted octanol–water partition coefficient (Wildman–Crippen LogP) is 4.89. The number of aryl methyl sites for hydroxylation is 1. The average Bonchev–Trinajstić information content (AvgIpc) is 3.51. The molecule has 4 rings (SSSR count). The summed E-state index contributed by atoms with van der Waals surface area (Å²) < 4.78 is 0. The number of rotatable bonds is 6. The quantitative estimate of drug-likeness (QED) is 0.683. The van der Waals surface area contributed by atoms with E-state index in [1.54, 1.807) is 0 Å². The average molecular weight is 356 g/mol. The van der Waals surface area contributed by atoms with E-state index in [4.69, 9.17) is 0 Å². The van der Waals surface area contributed by atoms with Crippen molar-refractivity contribution < 1.29 is 0 Å². The van der Waals surface area contributed by atoms with Gasteiger partial charge in [0.1, 0.15) is 0 Å². The highest BCUT2D eigenvalue weighted by atomic mass is 16.1. The molecule has 1 N–H and O–H groups in total. The zero-order valence-electron chi connectivity index (χ0n) is 15.7. The number of nitriles is 1. The molecule has 0 amide bonds. The van der Waals surface area contributed by atoms with Crippen molar-refractivity contribution >= 4 is 10.9 Å². The van der Waals surface area contributed by atoms with Crippen molar-refractivity contribution in [1.82, 2.24) is 4.98 Å². The molecule has 0 saturated heterocycles. The lowest BCUT2D eigenvalue weighted by molar-refractivity contribution is 0.467. The molecular weight excluding hydrogens is 332 g/mol. The number of H-pyrrole nitrogens is 1. The van der Waals surface area contributed by atoms with E-state index in [9.17, 15) is 10.1 Å². The van der Waals surface area contributed by atoms with E-state index < -0.39 is 5.41 Å². The summed E-state index contributed by atoms with van der Waals surface area (Å²) in [6.07, 6.45) is 4.71. The number of fused-ring (bicyclic) bond motifs is 1. The Hall–Kier alpha value is -2.86. The Labute approximate surface area is 159 Å². The van der Waals surface area contributed by atoms with Gasteiger partial charge in [-0.2, -0.15) is 5.26 Å². The standard InChI is InChI=1S/C24H24N2O/c1-2-19-12-20-10-11-21(13-22(20)26-23(19)27)24(16-25,15-18-8-9-18)14-17-6-4-3-5-7-17/h3-7,10-13,18H,2,8-9,14-15H2,1H3,(H,26,27). The fourth-order valence-electron chi connectivity index (χ4n) is 4.01. The fourth-order valence-corrected chi connectivity index (χ4v) is 4.01. The molecule has 1 atom stereocenters. The molecule has 3 nitrogen and oxygen atoms in total. The van der Waals surface area contributed by atoms with Crippen molar-refractivity contribution in [3.05, 3.63) is 81.6 Å². The number of pyridine rings is 1. The molecule has 1 aliphatic carbocycles. The maximum absolute atomic E-state index is 12.3. The normalized spacial score (nSPS) is 16.0. The lowest BCUT2D eigenvalue weighted by Gasteiger charge is -2.28. The molecular formula is C24H24N2O. The third-order valence-corrected chi connectivity index (χ3v) is 5.75. The molecule has 1 fully saturated rings. The smallest absolute Gasteiger partial charge is 0.251 e. The molecule has 3 aromatic rings. The first-order valence-electron chi connectivity index (χ1n) is 9.75. The Balaban J connectivity index is 1.81. The van der Waals surface area contributed by atoms with E-state index in [0.29, 0.717) is 18.8 Å². The van der Waals surface area contributed by atoms with Crippen LogP contribution in [0.25, 0.3) is 10.9 Å². The summed E-state index contributed by atoms with van der Waals surface area (Å²) in [4.78, 5) is 15.3. The SMILES string of the molecule is CCc1cc2ccc(C(C#N)(Cc3ccccc3)CC3CC3)cc2[nH]c1=O. The molecule has 0 spiro atoms. The number of nitrogens with one attached hydrogen (secondary N) is 1. The number of benzene rings is 2. The molecule has 1 saturated carbocycles. The van der Waals surface area contributed by atoms with Gasteiger partial charge in [-0.25, -0.2) is 0 Å². The number of aromatic nitrogens is 1. The minimum atomic E-state index is -0.559. The molecule has 1 unspecified atom stereocenters. The van der Waals surface area contributed by atoms with Gasteiger partial charge in [-0.05, 0) is 53.8 Å². The number of nitrogens with zero attached hydrogens (tertiary/aromatic N) is 1. The Kier molecular flexibility index (Phi) is 4.58. The van der Waals surface area contributed by atoms with Crippen LogP contribution in [0.1, 0.15) is 42.9 Å². The van der Waals surface area contributed by atoms with Gasteiger partial charge in [0.05, 0.1) is 11.5 Å². The molecule has 1 aromatic heterocycles. The van der Waals surface area contributed by atoms with Crippen molar-refractivity contribution in [3.63, 3.8) is 0 Å². The molecule has 0 radical (unpaired) electrons. The summed E-state index contributed by atoms with van der Waals surface area (Å²) in [6, 6.07) is 21.0. The maximum Gasteiger partial charge on any atom is 0.251 e. The van der Waals surface area contributed by atoms with E-state index in [1.807, 2.05) is 43.3 Å². The lowest BCUT2D eigenvalue weighted by atomic mass is 9.73. The van der Waals surface area contributed by atoms with Gasteiger partial charge in [-0.15, -0.1) is 0 Å². The Morgan fingerprint density at radius 1 is 1.15 bits per heavy atom. The van der Waals surface area contributed by atoms with Crippen LogP contribution in [0.3, 0.4) is 0 Å². The third kappa shape index (κ3) is 3.53. The van der Waals surface area contributed by atoms with E-state index >= 15 is 0 Å². The number of hydrogen-bond acceptors (Lipinski definition) is 2. The summed E-state index contributed by atoms with van der Waals surface area (Å²) in [5, 5.41) is 11.3. The largest absolute Gasteiger partial charge is 0.322 e. The van der Waals surface area contributed by atoms with Gasteiger partial charge >= 0.3 is 0 Å². The van der Waals surface area contributed by atoms with Crippen LogP contribution in [0, 0.1) is 17.2 Å². The van der Waals surface area contributed by atoms with Crippen LogP contribution in [-0.4, -0.2) is 4.98 Å². The van der Waals surface area contributed by atoms with Crippen LogP contribution in [0.4, 0.5) is 0 Å². The monoisotopic (exact) mass is 356 g/mol. The van der Waals surface area contributed by atoms with E-state index in [1.165, 1.54) is 18.4 Å². The van der Waals surface area contributed by atoms with Crippen LogP contribution in [0.2, 0.25) is 0 Å². The van der Waals surface area contributed by atoms with E-state index in [0.717, 1.165) is 28.5 Å². The van der Waals surface area contributed by atoms with Crippen molar-refractivity contribution in [2.24, 2.45) is 5.92 Å². The summed E-state index contributed by atoms with van der Waals surface area (Å²) >= 11 is 0. The Morgan fingerprint density at radius 3 is 2.59 bits per heavy atom. The molecule has 1 aliphatic rings. The molecule has 2 aromatic carbocycles. The maximum atomic E-state index is 12.3. The van der Waals surface area contributed by atoms with Gasteiger partial charge in [-0.3, -0.25) is 4.79 Å². The van der Waals surface area contributed by atoms with Crippen molar-refractivity contribution in [1.29, 1.82) is 5.26 Å². The summed E-state index contributed by atoms with van der Waals surface area (Å²) in [6.45, 7) is 1.99. The van der Waals surface area contributed by atoms with E-state index in [-0.39, 0.29) is 5.56 Å². The lowest BCUT2D eigenvalue weighted by Crippen LogP contribution is -2.28. The van der Waals surface area contributed by atoms with Crippen LogP contribution >= 0.6 is 0 Å². The van der Waals surface area contributed by atoms with Gasteiger partial charge in [0.2, 0.25) is 0 Å². The number of aromatic amines is 1. The second-order valence-corrected chi connectivity index (χ2v) is 7.78. The first-order chi connectivity index (χ1) is 13.1. The summed E-state index contributed by atoms with van der Waals surface area (Å²) in [5.41, 5.74) is 3.21. The third-order valence-electron chi connectivity index (χ3n) is 5.75. The molecule has 0 bridgehead atoms. The highest BCUT2D eigenvalue weighted by molar-refractivity contribution is 5.80. The minimum Gasteiger partial charge on any atom is -0.322 e. The van der Waals surface area contributed by atoms with Crippen molar-refractivity contribution in [2.75, 3.05) is 0 Å². The zero-order chi connectivity index (χ0) is 18.9. The van der Waals surface area contributed by atoms with Crippen LogP contribution in [0.15, 0.2) is 59.4 Å². The van der Waals surface area contributed by atoms with Crippen molar-refractivity contribution in [2.45, 2.75) is 44.4 Å².